The molecule has 2 N–H and O–H groups in total. The van der Waals surface area contributed by atoms with Crippen molar-refractivity contribution in [3.05, 3.63) is 0 Å². The zero-order chi connectivity index (χ0) is 8.10. The lowest BCUT2D eigenvalue weighted by Gasteiger charge is -2.25. The Labute approximate surface area is 69.0 Å². The summed E-state index contributed by atoms with van der Waals surface area (Å²) < 4.78 is 0. The van der Waals surface area contributed by atoms with Crippen molar-refractivity contribution in [1.29, 1.82) is 0 Å². The van der Waals surface area contributed by atoms with Gasteiger partial charge in [-0.2, -0.15) is 0 Å². The molecule has 0 aromatic rings. The Morgan fingerprint density at radius 1 is 1.55 bits per heavy atom. The summed E-state index contributed by atoms with van der Waals surface area (Å²) in [5.41, 5.74) is 0. The monoisotopic (exact) mass is 157 g/mol. The van der Waals surface area contributed by atoms with E-state index in [0.717, 1.165) is 12.5 Å². The van der Waals surface area contributed by atoms with Gasteiger partial charge in [0, 0.05) is 6.04 Å². The highest BCUT2D eigenvalue weighted by molar-refractivity contribution is 4.71. The van der Waals surface area contributed by atoms with Gasteiger partial charge in [0.25, 0.3) is 0 Å². The van der Waals surface area contributed by atoms with Crippen molar-refractivity contribution in [3.63, 3.8) is 0 Å². The highest BCUT2D eigenvalue weighted by Gasteiger charge is 2.16. The van der Waals surface area contributed by atoms with Crippen molar-refractivity contribution in [1.82, 2.24) is 5.32 Å². The molecule has 0 aliphatic heterocycles. The Hall–Kier alpha value is -0.0800. The van der Waals surface area contributed by atoms with Crippen LogP contribution in [0.4, 0.5) is 0 Å². The quantitative estimate of drug-likeness (QED) is 0.627. The Morgan fingerprint density at radius 2 is 2.27 bits per heavy atom. The van der Waals surface area contributed by atoms with E-state index in [4.69, 9.17) is 5.11 Å². The topological polar surface area (TPSA) is 32.3 Å². The average molecular weight is 157 g/mol. The lowest BCUT2D eigenvalue weighted by Crippen LogP contribution is -2.31. The second-order valence-corrected chi connectivity index (χ2v) is 3.62. The van der Waals surface area contributed by atoms with Crippen LogP contribution in [0.5, 0.6) is 0 Å². The van der Waals surface area contributed by atoms with Crippen molar-refractivity contribution >= 4 is 0 Å². The fraction of sp³-hybridized carbons (Fsp3) is 1.00. The van der Waals surface area contributed by atoms with Crippen molar-refractivity contribution in [3.8, 4) is 0 Å². The van der Waals surface area contributed by atoms with Crippen LogP contribution in [0.25, 0.3) is 0 Å². The molecule has 0 radical (unpaired) electrons. The van der Waals surface area contributed by atoms with Crippen molar-refractivity contribution in [2.75, 3.05) is 13.2 Å². The maximum atomic E-state index is 8.71. The molecule has 1 saturated carbocycles. The Bertz CT molecular complexity index is 97.0. The van der Waals surface area contributed by atoms with E-state index in [-0.39, 0.29) is 12.6 Å². The van der Waals surface area contributed by atoms with E-state index < -0.39 is 0 Å². The van der Waals surface area contributed by atoms with E-state index in [0.29, 0.717) is 0 Å². The number of nitrogens with one attached hydrogen (secondary N) is 1. The molecule has 66 valence electrons. The van der Waals surface area contributed by atoms with Gasteiger partial charge >= 0.3 is 0 Å². The van der Waals surface area contributed by atoms with E-state index in [9.17, 15) is 0 Å². The summed E-state index contributed by atoms with van der Waals surface area (Å²) in [6.07, 6.45) is 5.58. The third kappa shape index (κ3) is 3.21. The molecule has 0 amide bonds. The van der Waals surface area contributed by atoms with Crippen LogP contribution in [0.1, 0.15) is 32.6 Å². The molecule has 0 aromatic carbocycles. The molecular weight excluding hydrogens is 138 g/mol. The Balaban J connectivity index is 1.86. The van der Waals surface area contributed by atoms with Crippen LogP contribution in [0, 0.1) is 5.92 Å². The van der Waals surface area contributed by atoms with Crippen LogP contribution in [-0.2, 0) is 0 Å². The number of hydrogen-bond acceptors (Lipinski definition) is 2. The molecule has 0 spiro atoms. The molecule has 11 heavy (non-hydrogen) atoms. The van der Waals surface area contributed by atoms with Crippen LogP contribution >= 0.6 is 0 Å². The summed E-state index contributed by atoms with van der Waals surface area (Å²) in [5.74, 6) is 0.980. The maximum absolute atomic E-state index is 8.71. The van der Waals surface area contributed by atoms with Crippen molar-refractivity contribution < 1.29 is 5.11 Å². The third-order valence-corrected chi connectivity index (χ3v) is 2.54. The molecule has 0 heterocycles. The normalized spacial score (nSPS) is 21.3. The highest BCUT2D eigenvalue weighted by Crippen LogP contribution is 2.28. The van der Waals surface area contributed by atoms with Gasteiger partial charge < -0.3 is 10.4 Å². The van der Waals surface area contributed by atoms with E-state index in [1.54, 1.807) is 0 Å². The fourth-order valence-corrected chi connectivity index (χ4v) is 1.38. The van der Waals surface area contributed by atoms with Gasteiger partial charge in [0.2, 0.25) is 0 Å². The molecule has 1 rings (SSSR count). The fourth-order valence-electron chi connectivity index (χ4n) is 1.38. The molecule has 1 fully saturated rings. The molecule has 0 aromatic heterocycles. The van der Waals surface area contributed by atoms with Gasteiger partial charge in [-0.1, -0.05) is 19.3 Å². The summed E-state index contributed by atoms with van der Waals surface area (Å²) in [6, 6.07) is 0.273. The van der Waals surface area contributed by atoms with E-state index in [1.165, 1.54) is 25.7 Å². The number of rotatable bonds is 5. The summed E-state index contributed by atoms with van der Waals surface area (Å²) in [4.78, 5) is 0. The Kier molecular flexibility index (Phi) is 3.87. The smallest absolute Gasteiger partial charge is 0.0581 e. The average Bonchev–Trinajstić information content (AvgIpc) is 1.94. The summed E-state index contributed by atoms with van der Waals surface area (Å²) in [5, 5.41) is 12.0. The van der Waals surface area contributed by atoms with Gasteiger partial charge in [0.15, 0.2) is 0 Å². The highest BCUT2D eigenvalue weighted by atomic mass is 16.3. The zero-order valence-electron chi connectivity index (χ0n) is 7.34. The van der Waals surface area contributed by atoms with Gasteiger partial charge in [0.1, 0.15) is 0 Å². The summed E-state index contributed by atoms with van der Waals surface area (Å²) in [7, 11) is 0. The molecule has 0 bridgehead atoms. The molecule has 2 heteroatoms. The first kappa shape index (κ1) is 9.01. The minimum atomic E-state index is 0.255. The van der Waals surface area contributed by atoms with Crippen LogP contribution in [0.15, 0.2) is 0 Å². The molecule has 1 aliphatic carbocycles. The number of hydrogen-bond donors (Lipinski definition) is 2. The van der Waals surface area contributed by atoms with E-state index in [1.807, 2.05) is 6.92 Å². The summed E-state index contributed by atoms with van der Waals surface area (Å²) in [6.45, 7) is 3.35. The minimum absolute atomic E-state index is 0.255. The van der Waals surface area contributed by atoms with Crippen LogP contribution in [0.3, 0.4) is 0 Å². The standard InChI is InChI=1S/C9H19NO/c1-8(7-11)10-6-5-9-3-2-4-9/h8-11H,2-7H2,1H3. The number of aliphatic hydroxyl groups excluding tert-OH is 1. The summed E-state index contributed by atoms with van der Waals surface area (Å²) >= 11 is 0. The van der Waals surface area contributed by atoms with Gasteiger partial charge in [-0.15, -0.1) is 0 Å². The third-order valence-electron chi connectivity index (χ3n) is 2.54. The number of aliphatic hydroxyl groups is 1. The SMILES string of the molecule is CC(CO)NCCC1CCC1. The zero-order valence-corrected chi connectivity index (χ0v) is 7.34. The van der Waals surface area contributed by atoms with Gasteiger partial charge in [-0.3, -0.25) is 0 Å². The second-order valence-electron chi connectivity index (χ2n) is 3.62. The molecule has 1 atom stereocenters. The van der Waals surface area contributed by atoms with Crippen molar-refractivity contribution in [2.24, 2.45) is 5.92 Å². The van der Waals surface area contributed by atoms with Gasteiger partial charge in [0.05, 0.1) is 6.61 Å². The molecule has 0 saturated heterocycles. The molecular formula is C9H19NO. The minimum Gasteiger partial charge on any atom is -0.395 e. The van der Waals surface area contributed by atoms with Crippen LogP contribution in [-0.4, -0.2) is 24.3 Å². The molecule has 2 nitrogen and oxygen atoms in total. The lowest BCUT2D eigenvalue weighted by atomic mass is 9.83. The van der Waals surface area contributed by atoms with Crippen LogP contribution < -0.4 is 5.32 Å². The lowest BCUT2D eigenvalue weighted by molar-refractivity contribution is 0.239. The van der Waals surface area contributed by atoms with Gasteiger partial charge in [-0.05, 0) is 25.8 Å². The first-order chi connectivity index (χ1) is 5.33. The van der Waals surface area contributed by atoms with E-state index >= 15 is 0 Å². The Morgan fingerprint density at radius 3 is 2.73 bits per heavy atom. The first-order valence-electron chi connectivity index (χ1n) is 4.67. The molecule has 1 aliphatic rings. The second kappa shape index (κ2) is 4.73. The predicted molar refractivity (Wildman–Crippen MR) is 46.5 cm³/mol. The van der Waals surface area contributed by atoms with Gasteiger partial charge in [-0.25, -0.2) is 0 Å². The maximum Gasteiger partial charge on any atom is 0.0581 e. The largest absolute Gasteiger partial charge is 0.395 e. The predicted octanol–water partition coefficient (Wildman–Crippen LogP) is 1.15. The van der Waals surface area contributed by atoms with Crippen molar-refractivity contribution in [2.45, 2.75) is 38.6 Å². The first-order valence-corrected chi connectivity index (χ1v) is 4.67. The molecule has 1 unspecified atom stereocenters. The van der Waals surface area contributed by atoms with E-state index in [2.05, 4.69) is 5.32 Å². The van der Waals surface area contributed by atoms with Crippen LogP contribution in [0.2, 0.25) is 0 Å².